The maximum absolute atomic E-state index is 13.0. The predicted molar refractivity (Wildman–Crippen MR) is 105 cm³/mol. The van der Waals surface area contributed by atoms with E-state index >= 15 is 0 Å². The summed E-state index contributed by atoms with van der Waals surface area (Å²) in [6, 6.07) is 6.43. The second-order valence-corrected chi connectivity index (χ2v) is 9.92. The summed E-state index contributed by atoms with van der Waals surface area (Å²) in [6.45, 7) is 10.6. The van der Waals surface area contributed by atoms with E-state index in [4.69, 9.17) is 0 Å². The van der Waals surface area contributed by atoms with Gasteiger partial charge in [0, 0.05) is 31.7 Å². The molecule has 26 heavy (non-hydrogen) atoms. The molecule has 1 fully saturated rings. The number of likely N-dealkylation sites (tertiary alicyclic amines) is 1. The Balaban J connectivity index is 2.19. The van der Waals surface area contributed by atoms with Crippen LogP contribution in [0.15, 0.2) is 29.2 Å². The number of benzene rings is 1. The second-order valence-electron chi connectivity index (χ2n) is 7.99. The van der Waals surface area contributed by atoms with Crippen LogP contribution in [0.5, 0.6) is 0 Å². The van der Waals surface area contributed by atoms with Crippen LogP contribution in [0, 0.1) is 11.8 Å². The normalized spacial score (nSPS) is 15.9. The van der Waals surface area contributed by atoms with E-state index in [1.54, 1.807) is 28.6 Å². The van der Waals surface area contributed by atoms with Crippen molar-refractivity contribution in [3.05, 3.63) is 29.8 Å². The third-order valence-corrected chi connectivity index (χ3v) is 6.37. The van der Waals surface area contributed by atoms with Crippen LogP contribution in [0.2, 0.25) is 0 Å². The molecule has 1 aromatic carbocycles. The molecule has 0 bridgehead atoms. The van der Waals surface area contributed by atoms with Gasteiger partial charge < -0.3 is 4.90 Å². The summed E-state index contributed by atoms with van der Waals surface area (Å²) in [4.78, 5) is 14.7. The zero-order valence-corrected chi connectivity index (χ0v) is 17.3. The molecule has 2 rings (SSSR count). The van der Waals surface area contributed by atoms with Crippen LogP contribution in [0.4, 0.5) is 0 Å². The summed E-state index contributed by atoms with van der Waals surface area (Å²) in [5.41, 5.74) is 0.560. The van der Waals surface area contributed by atoms with E-state index in [2.05, 4.69) is 0 Å². The van der Waals surface area contributed by atoms with Crippen molar-refractivity contribution in [1.82, 2.24) is 9.21 Å². The molecule has 0 spiro atoms. The van der Waals surface area contributed by atoms with Gasteiger partial charge in [-0.25, -0.2) is 8.42 Å². The maximum atomic E-state index is 13.0. The van der Waals surface area contributed by atoms with Crippen molar-refractivity contribution in [3.8, 4) is 0 Å². The van der Waals surface area contributed by atoms with Gasteiger partial charge in [0.25, 0.3) is 5.91 Å². The Labute approximate surface area is 158 Å². The Morgan fingerprint density at radius 2 is 1.46 bits per heavy atom. The van der Waals surface area contributed by atoms with Crippen molar-refractivity contribution in [2.45, 2.75) is 51.9 Å². The molecule has 0 radical (unpaired) electrons. The minimum absolute atomic E-state index is 0.00475. The first kappa shape index (κ1) is 20.9. The molecule has 1 aliphatic heterocycles. The van der Waals surface area contributed by atoms with E-state index in [1.807, 2.05) is 32.6 Å². The molecular formula is C20H32N2O3S. The fourth-order valence-corrected chi connectivity index (χ4v) is 5.05. The molecular weight excluding hydrogens is 348 g/mol. The molecule has 0 saturated carbocycles. The van der Waals surface area contributed by atoms with Crippen molar-refractivity contribution in [2.24, 2.45) is 11.8 Å². The minimum atomic E-state index is -3.55. The average molecular weight is 381 g/mol. The van der Waals surface area contributed by atoms with Gasteiger partial charge in [-0.1, -0.05) is 27.7 Å². The van der Waals surface area contributed by atoms with E-state index in [-0.39, 0.29) is 22.6 Å². The molecule has 1 amide bonds. The van der Waals surface area contributed by atoms with E-state index < -0.39 is 10.0 Å². The lowest BCUT2D eigenvalue weighted by Gasteiger charge is -2.27. The lowest BCUT2D eigenvalue weighted by atomic mass is 10.1. The SMILES string of the molecule is CC(C)CN(CC(C)C)S(=O)(=O)c1ccc(C(=O)N2CCCCC2)cc1. The topological polar surface area (TPSA) is 57.7 Å². The number of piperidine rings is 1. The van der Waals surface area contributed by atoms with Gasteiger partial charge in [0.1, 0.15) is 0 Å². The van der Waals surface area contributed by atoms with E-state index in [0.29, 0.717) is 18.7 Å². The number of amides is 1. The number of carbonyl (C=O) groups is 1. The highest BCUT2D eigenvalue weighted by molar-refractivity contribution is 7.89. The summed E-state index contributed by atoms with van der Waals surface area (Å²) in [5, 5.41) is 0. The lowest BCUT2D eigenvalue weighted by molar-refractivity contribution is 0.0724. The highest BCUT2D eigenvalue weighted by atomic mass is 32.2. The Hall–Kier alpha value is -1.40. The standard InChI is InChI=1S/C20H32N2O3S/c1-16(2)14-22(15-17(3)4)26(24,25)19-10-8-18(9-11-19)20(23)21-12-6-5-7-13-21/h8-11,16-17H,5-7,12-15H2,1-4H3. The van der Waals surface area contributed by atoms with Crippen LogP contribution in [0.1, 0.15) is 57.3 Å². The third-order valence-electron chi connectivity index (χ3n) is 4.52. The van der Waals surface area contributed by atoms with Crippen LogP contribution in [0.25, 0.3) is 0 Å². The average Bonchev–Trinajstić information content (AvgIpc) is 2.60. The van der Waals surface area contributed by atoms with Gasteiger partial charge in [-0.15, -0.1) is 0 Å². The fraction of sp³-hybridized carbons (Fsp3) is 0.650. The molecule has 0 unspecified atom stereocenters. The first-order valence-electron chi connectivity index (χ1n) is 9.61. The van der Waals surface area contributed by atoms with Crippen LogP contribution < -0.4 is 0 Å². The highest BCUT2D eigenvalue weighted by Gasteiger charge is 2.26. The number of nitrogens with zero attached hydrogens (tertiary/aromatic N) is 2. The van der Waals surface area contributed by atoms with Gasteiger partial charge >= 0.3 is 0 Å². The van der Waals surface area contributed by atoms with Gasteiger partial charge in [0.05, 0.1) is 4.90 Å². The van der Waals surface area contributed by atoms with Crippen molar-refractivity contribution in [2.75, 3.05) is 26.2 Å². The molecule has 0 atom stereocenters. The largest absolute Gasteiger partial charge is 0.339 e. The molecule has 5 nitrogen and oxygen atoms in total. The molecule has 0 aromatic heterocycles. The van der Waals surface area contributed by atoms with Crippen LogP contribution in [-0.2, 0) is 10.0 Å². The minimum Gasteiger partial charge on any atom is -0.339 e. The van der Waals surface area contributed by atoms with Crippen LogP contribution in [0.3, 0.4) is 0 Å². The van der Waals surface area contributed by atoms with Crippen LogP contribution in [-0.4, -0.2) is 49.7 Å². The number of rotatable bonds is 7. The summed E-state index contributed by atoms with van der Waals surface area (Å²) in [5.74, 6) is 0.502. The summed E-state index contributed by atoms with van der Waals surface area (Å²) in [6.07, 6.45) is 3.25. The fourth-order valence-electron chi connectivity index (χ4n) is 3.28. The third kappa shape index (κ3) is 5.30. The smallest absolute Gasteiger partial charge is 0.253 e. The van der Waals surface area contributed by atoms with Gasteiger partial charge in [0.2, 0.25) is 10.0 Å². The molecule has 6 heteroatoms. The summed E-state index contributed by atoms with van der Waals surface area (Å²) < 4.78 is 27.6. The first-order valence-corrected chi connectivity index (χ1v) is 11.1. The number of carbonyl (C=O) groups excluding carboxylic acids is 1. The van der Waals surface area contributed by atoms with Gasteiger partial charge in [-0.2, -0.15) is 4.31 Å². The Morgan fingerprint density at radius 1 is 0.962 bits per heavy atom. The van der Waals surface area contributed by atoms with Gasteiger partial charge in [-0.05, 0) is 55.4 Å². The zero-order chi connectivity index (χ0) is 19.3. The van der Waals surface area contributed by atoms with Crippen molar-refractivity contribution in [3.63, 3.8) is 0 Å². The lowest BCUT2D eigenvalue weighted by Crippen LogP contribution is -2.37. The zero-order valence-electron chi connectivity index (χ0n) is 16.4. The van der Waals surface area contributed by atoms with E-state index in [0.717, 1.165) is 25.9 Å². The molecule has 1 saturated heterocycles. The predicted octanol–water partition coefficient (Wildman–Crippen LogP) is 3.62. The maximum Gasteiger partial charge on any atom is 0.253 e. The summed E-state index contributed by atoms with van der Waals surface area (Å²) in [7, 11) is -3.55. The Bertz CT molecular complexity index is 680. The number of sulfonamides is 1. The quantitative estimate of drug-likeness (QED) is 0.726. The monoisotopic (exact) mass is 380 g/mol. The van der Waals surface area contributed by atoms with Crippen molar-refractivity contribution < 1.29 is 13.2 Å². The molecule has 0 aliphatic carbocycles. The highest BCUT2D eigenvalue weighted by Crippen LogP contribution is 2.20. The molecule has 1 heterocycles. The first-order chi connectivity index (χ1) is 12.2. The van der Waals surface area contributed by atoms with Crippen LogP contribution >= 0.6 is 0 Å². The van der Waals surface area contributed by atoms with Crippen molar-refractivity contribution in [1.29, 1.82) is 0 Å². The number of hydrogen-bond donors (Lipinski definition) is 0. The molecule has 1 aliphatic rings. The second kappa shape index (κ2) is 9.00. The van der Waals surface area contributed by atoms with Crippen molar-refractivity contribution >= 4 is 15.9 Å². The number of hydrogen-bond acceptors (Lipinski definition) is 3. The van der Waals surface area contributed by atoms with E-state index in [9.17, 15) is 13.2 Å². The summed E-state index contributed by atoms with van der Waals surface area (Å²) >= 11 is 0. The molecule has 1 aromatic rings. The Morgan fingerprint density at radius 3 is 1.92 bits per heavy atom. The van der Waals surface area contributed by atoms with E-state index in [1.165, 1.54) is 6.42 Å². The van der Waals surface area contributed by atoms with Gasteiger partial charge in [0.15, 0.2) is 0 Å². The van der Waals surface area contributed by atoms with Gasteiger partial charge in [-0.3, -0.25) is 4.79 Å². The molecule has 0 N–H and O–H groups in total. The Kier molecular flexibility index (Phi) is 7.24. The molecule has 146 valence electrons.